The van der Waals surface area contributed by atoms with Crippen LogP contribution in [0.15, 0.2) is 91.0 Å². The van der Waals surface area contributed by atoms with Gasteiger partial charge >= 0.3 is 5.97 Å². The van der Waals surface area contributed by atoms with E-state index in [2.05, 4.69) is 4.90 Å². The number of ether oxygens (including phenoxy) is 1. The number of carbonyl (C=O) groups is 2. The van der Waals surface area contributed by atoms with Crippen LogP contribution in [0.3, 0.4) is 0 Å². The lowest BCUT2D eigenvalue weighted by Gasteiger charge is -2.22. The van der Waals surface area contributed by atoms with E-state index in [1.807, 2.05) is 95.9 Å². The summed E-state index contributed by atoms with van der Waals surface area (Å²) in [6.45, 7) is 3.08. The molecular formula is C30H29N3O3. The van der Waals surface area contributed by atoms with Gasteiger partial charge in [-0.05, 0) is 24.1 Å². The molecule has 5 rings (SSSR count). The maximum absolute atomic E-state index is 13.7. The average molecular weight is 480 g/mol. The van der Waals surface area contributed by atoms with Crippen LogP contribution in [-0.2, 0) is 16.1 Å². The maximum Gasteiger partial charge on any atom is 0.320 e. The molecule has 1 aliphatic heterocycles. The van der Waals surface area contributed by atoms with E-state index in [-0.39, 0.29) is 25.0 Å². The molecule has 182 valence electrons. The molecule has 6 heteroatoms. The molecule has 1 saturated heterocycles. The SMILES string of the molecule is O=C(CN1CCCN(C(=O)c2cc(-c3ccccc3)nc3ccccc23)CC1)OCc1ccccc1. The number of fused-ring (bicyclic) bond motifs is 1. The minimum absolute atomic E-state index is 0.000662. The Kier molecular flexibility index (Phi) is 7.33. The molecule has 1 fully saturated rings. The highest BCUT2D eigenvalue weighted by Crippen LogP contribution is 2.26. The van der Waals surface area contributed by atoms with Gasteiger partial charge in [0, 0.05) is 37.1 Å². The first-order valence-electron chi connectivity index (χ1n) is 12.3. The average Bonchev–Trinajstić information content (AvgIpc) is 3.17. The van der Waals surface area contributed by atoms with Crippen molar-refractivity contribution in [3.8, 4) is 11.3 Å². The minimum atomic E-state index is -0.244. The summed E-state index contributed by atoms with van der Waals surface area (Å²) >= 11 is 0. The highest BCUT2D eigenvalue weighted by molar-refractivity contribution is 6.07. The van der Waals surface area contributed by atoms with E-state index < -0.39 is 0 Å². The van der Waals surface area contributed by atoms with Crippen LogP contribution in [0, 0.1) is 0 Å². The minimum Gasteiger partial charge on any atom is -0.460 e. The molecular weight excluding hydrogens is 450 g/mol. The van der Waals surface area contributed by atoms with Crippen molar-refractivity contribution in [2.45, 2.75) is 13.0 Å². The molecule has 0 spiro atoms. The predicted molar refractivity (Wildman–Crippen MR) is 140 cm³/mol. The van der Waals surface area contributed by atoms with Crippen LogP contribution in [0.4, 0.5) is 0 Å². The molecule has 0 atom stereocenters. The number of rotatable bonds is 6. The van der Waals surface area contributed by atoms with E-state index >= 15 is 0 Å². The van der Waals surface area contributed by atoms with Crippen LogP contribution in [0.2, 0.25) is 0 Å². The number of esters is 1. The fourth-order valence-corrected chi connectivity index (χ4v) is 4.58. The number of nitrogens with zero attached hydrogens (tertiary/aromatic N) is 3. The summed E-state index contributed by atoms with van der Waals surface area (Å²) < 4.78 is 5.45. The first-order valence-corrected chi connectivity index (χ1v) is 12.3. The van der Waals surface area contributed by atoms with E-state index in [0.717, 1.165) is 40.7 Å². The zero-order valence-electron chi connectivity index (χ0n) is 20.2. The van der Waals surface area contributed by atoms with Crippen LogP contribution in [0.25, 0.3) is 22.2 Å². The van der Waals surface area contributed by atoms with E-state index in [1.54, 1.807) is 0 Å². The molecule has 1 aliphatic rings. The summed E-state index contributed by atoms with van der Waals surface area (Å²) in [7, 11) is 0. The van der Waals surface area contributed by atoms with E-state index in [4.69, 9.17) is 9.72 Å². The molecule has 0 N–H and O–H groups in total. The Labute approximate surface area is 211 Å². The number of hydrogen-bond acceptors (Lipinski definition) is 5. The number of carbonyl (C=O) groups excluding carboxylic acids is 2. The number of aromatic nitrogens is 1. The topological polar surface area (TPSA) is 62.7 Å². The van der Waals surface area contributed by atoms with Gasteiger partial charge in [0.1, 0.15) is 6.61 Å². The van der Waals surface area contributed by atoms with Crippen molar-refractivity contribution in [1.82, 2.24) is 14.8 Å². The van der Waals surface area contributed by atoms with Crippen molar-refractivity contribution in [3.63, 3.8) is 0 Å². The van der Waals surface area contributed by atoms with E-state index in [1.165, 1.54) is 0 Å². The molecule has 0 unspecified atom stereocenters. The summed E-state index contributed by atoms with van der Waals surface area (Å²) in [5.74, 6) is -0.245. The van der Waals surface area contributed by atoms with Crippen molar-refractivity contribution in [3.05, 3.63) is 102 Å². The van der Waals surface area contributed by atoms with Crippen molar-refractivity contribution < 1.29 is 14.3 Å². The van der Waals surface area contributed by atoms with Crippen LogP contribution in [-0.4, -0.2) is 59.4 Å². The standard InChI is InChI=1S/C30H29N3O3/c34-29(36-22-23-10-3-1-4-11-23)21-32-16-9-17-33(19-18-32)30(35)26-20-28(24-12-5-2-6-13-24)31-27-15-8-7-14-25(26)27/h1-8,10-15,20H,9,16-19,21-22H2. The summed E-state index contributed by atoms with van der Waals surface area (Å²) in [4.78, 5) is 34.9. The summed E-state index contributed by atoms with van der Waals surface area (Å²) in [5.41, 5.74) is 4.21. The Morgan fingerprint density at radius 2 is 1.53 bits per heavy atom. The second-order valence-electron chi connectivity index (χ2n) is 9.01. The first-order chi connectivity index (χ1) is 17.7. The molecule has 1 amide bonds. The lowest BCUT2D eigenvalue weighted by molar-refractivity contribution is -0.146. The normalized spacial score (nSPS) is 14.4. The third-order valence-corrected chi connectivity index (χ3v) is 6.49. The monoisotopic (exact) mass is 479 g/mol. The second kappa shape index (κ2) is 11.1. The molecule has 4 aromatic rings. The van der Waals surface area contributed by atoms with Crippen LogP contribution in [0.1, 0.15) is 22.3 Å². The van der Waals surface area contributed by atoms with Crippen LogP contribution >= 0.6 is 0 Å². The highest BCUT2D eigenvalue weighted by Gasteiger charge is 2.24. The fraction of sp³-hybridized carbons (Fsp3) is 0.233. The smallest absolute Gasteiger partial charge is 0.320 e. The number of hydrogen-bond donors (Lipinski definition) is 0. The number of para-hydroxylation sites is 1. The summed E-state index contributed by atoms with van der Waals surface area (Å²) in [6.07, 6.45) is 0.798. The number of amides is 1. The predicted octanol–water partition coefficient (Wildman–Crippen LogP) is 4.79. The lowest BCUT2D eigenvalue weighted by atomic mass is 10.0. The quantitative estimate of drug-likeness (QED) is 0.372. The van der Waals surface area contributed by atoms with Crippen molar-refractivity contribution in [2.75, 3.05) is 32.7 Å². The van der Waals surface area contributed by atoms with Gasteiger partial charge in [-0.25, -0.2) is 4.98 Å². The van der Waals surface area contributed by atoms with Gasteiger partial charge in [-0.15, -0.1) is 0 Å². The Morgan fingerprint density at radius 1 is 0.806 bits per heavy atom. The number of pyridine rings is 1. The van der Waals surface area contributed by atoms with Crippen molar-refractivity contribution >= 4 is 22.8 Å². The van der Waals surface area contributed by atoms with Gasteiger partial charge in [0.05, 0.1) is 23.3 Å². The Balaban J connectivity index is 1.27. The largest absolute Gasteiger partial charge is 0.460 e. The van der Waals surface area contributed by atoms with Gasteiger partial charge in [0.15, 0.2) is 0 Å². The van der Waals surface area contributed by atoms with Gasteiger partial charge in [-0.1, -0.05) is 78.9 Å². The Morgan fingerprint density at radius 3 is 2.33 bits per heavy atom. The van der Waals surface area contributed by atoms with Crippen LogP contribution in [0.5, 0.6) is 0 Å². The van der Waals surface area contributed by atoms with Gasteiger partial charge in [0.2, 0.25) is 0 Å². The first kappa shape index (κ1) is 23.7. The molecule has 0 saturated carbocycles. The summed E-state index contributed by atoms with van der Waals surface area (Å²) in [6, 6.07) is 29.3. The molecule has 1 aromatic heterocycles. The number of benzene rings is 3. The zero-order valence-corrected chi connectivity index (χ0v) is 20.2. The molecule has 36 heavy (non-hydrogen) atoms. The molecule has 3 aromatic carbocycles. The van der Waals surface area contributed by atoms with Crippen molar-refractivity contribution in [2.24, 2.45) is 0 Å². The molecule has 0 radical (unpaired) electrons. The van der Waals surface area contributed by atoms with Gasteiger partial charge in [0.25, 0.3) is 5.91 Å². The fourth-order valence-electron chi connectivity index (χ4n) is 4.58. The Hall–Kier alpha value is -4.03. The second-order valence-corrected chi connectivity index (χ2v) is 9.01. The van der Waals surface area contributed by atoms with Gasteiger partial charge in [-0.3, -0.25) is 14.5 Å². The third-order valence-electron chi connectivity index (χ3n) is 6.49. The molecule has 0 aliphatic carbocycles. The van der Waals surface area contributed by atoms with E-state index in [9.17, 15) is 9.59 Å². The third kappa shape index (κ3) is 5.61. The highest BCUT2D eigenvalue weighted by atomic mass is 16.5. The lowest BCUT2D eigenvalue weighted by Crippen LogP contribution is -2.37. The van der Waals surface area contributed by atoms with Crippen LogP contribution < -0.4 is 0 Å². The summed E-state index contributed by atoms with van der Waals surface area (Å²) in [5, 5.41) is 0.854. The Bertz CT molecular complexity index is 1340. The zero-order chi connectivity index (χ0) is 24.7. The van der Waals surface area contributed by atoms with E-state index in [0.29, 0.717) is 25.2 Å². The van der Waals surface area contributed by atoms with Gasteiger partial charge < -0.3 is 9.64 Å². The van der Waals surface area contributed by atoms with Gasteiger partial charge in [-0.2, -0.15) is 0 Å². The molecule has 0 bridgehead atoms. The molecule has 2 heterocycles. The molecule has 6 nitrogen and oxygen atoms in total. The van der Waals surface area contributed by atoms with Crippen molar-refractivity contribution in [1.29, 1.82) is 0 Å². The maximum atomic E-state index is 13.7.